The lowest BCUT2D eigenvalue weighted by atomic mass is 9.94. The minimum atomic E-state index is -0.506. The molecule has 102 valence electrons. The van der Waals surface area contributed by atoms with Crippen molar-refractivity contribution in [2.75, 3.05) is 13.1 Å². The van der Waals surface area contributed by atoms with Gasteiger partial charge in [-0.1, -0.05) is 19.0 Å². The second kappa shape index (κ2) is 5.36. The molecule has 0 unspecified atom stereocenters. The molecule has 1 N–H and O–H groups in total. The highest BCUT2D eigenvalue weighted by Crippen LogP contribution is 2.22. The Bertz CT molecular complexity index is 377. The molecule has 0 aromatic carbocycles. The molecule has 0 bridgehead atoms. The van der Waals surface area contributed by atoms with Crippen LogP contribution >= 0.6 is 0 Å². The van der Waals surface area contributed by atoms with E-state index in [9.17, 15) is 5.11 Å². The molecule has 1 aromatic rings. The predicted molar refractivity (Wildman–Crippen MR) is 68.0 cm³/mol. The number of aliphatic hydroxyl groups is 1. The molecule has 0 aliphatic carbocycles. The molecule has 5 heteroatoms. The Morgan fingerprint density at radius 1 is 1.39 bits per heavy atom. The molecular formula is C13H23N3O2. The van der Waals surface area contributed by atoms with Crippen molar-refractivity contribution in [2.24, 2.45) is 5.92 Å². The second-order valence-corrected chi connectivity index (χ2v) is 5.98. The molecule has 1 aliphatic heterocycles. The molecule has 0 amide bonds. The summed E-state index contributed by atoms with van der Waals surface area (Å²) >= 11 is 0. The SMILES string of the molecule is CC(C)Cc1noc(CN2CCC(C)(O)CC2)n1. The smallest absolute Gasteiger partial charge is 0.240 e. The maximum atomic E-state index is 9.88. The van der Waals surface area contributed by atoms with Crippen LogP contribution in [0.5, 0.6) is 0 Å². The first-order valence-electron chi connectivity index (χ1n) is 6.71. The molecule has 0 spiro atoms. The van der Waals surface area contributed by atoms with Crippen molar-refractivity contribution >= 4 is 0 Å². The first-order valence-corrected chi connectivity index (χ1v) is 6.71. The van der Waals surface area contributed by atoms with E-state index in [1.807, 2.05) is 6.92 Å². The van der Waals surface area contributed by atoms with Crippen LogP contribution in [0.25, 0.3) is 0 Å². The van der Waals surface area contributed by atoms with Crippen LogP contribution in [0, 0.1) is 5.92 Å². The summed E-state index contributed by atoms with van der Waals surface area (Å²) in [4.78, 5) is 6.65. The van der Waals surface area contributed by atoms with E-state index in [1.54, 1.807) is 0 Å². The summed E-state index contributed by atoms with van der Waals surface area (Å²) < 4.78 is 5.25. The van der Waals surface area contributed by atoms with Crippen LogP contribution in [-0.4, -0.2) is 38.8 Å². The summed E-state index contributed by atoms with van der Waals surface area (Å²) in [7, 11) is 0. The van der Waals surface area contributed by atoms with Crippen molar-refractivity contribution in [3.63, 3.8) is 0 Å². The Balaban J connectivity index is 1.85. The topological polar surface area (TPSA) is 62.4 Å². The molecule has 1 fully saturated rings. The van der Waals surface area contributed by atoms with E-state index in [4.69, 9.17) is 4.52 Å². The van der Waals surface area contributed by atoms with Crippen LogP contribution in [0.2, 0.25) is 0 Å². The number of hydrogen-bond acceptors (Lipinski definition) is 5. The van der Waals surface area contributed by atoms with Crippen LogP contribution in [0.1, 0.15) is 45.3 Å². The number of piperidine rings is 1. The number of aromatic nitrogens is 2. The van der Waals surface area contributed by atoms with Gasteiger partial charge in [-0.3, -0.25) is 4.90 Å². The third-order valence-electron chi connectivity index (χ3n) is 3.39. The molecule has 0 radical (unpaired) electrons. The van der Waals surface area contributed by atoms with Gasteiger partial charge in [-0.15, -0.1) is 0 Å². The van der Waals surface area contributed by atoms with Crippen LogP contribution < -0.4 is 0 Å². The van der Waals surface area contributed by atoms with Crippen LogP contribution in [0.3, 0.4) is 0 Å². The van der Waals surface area contributed by atoms with Gasteiger partial charge in [-0.25, -0.2) is 0 Å². The van der Waals surface area contributed by atoms with Gasteiger partial charge in [-0.05, 0) is 25.7 Å². The van der Waals surface area contributed by atoms with E-state index in [0.717, 1.165) is 38.2 Å². The highest BCUT2D eigenvalue weighted by atomic mass is 16.5. The summed E-state index contributed by atoms with van der Waals surface area (Å²) in [5.74, 6) is 2.02. The standard InChI is InChI=1S/C13H23N3O2/c1-10(2)8-11-14-12(18-15-11)9-16-6-4-13(3,17)5-7-16/h10,17H,4-9H2,1-3H3. The molecule has 0 saturated carbocycles. The molecular weight excluding hydrogens is 230 g/mol. The third kappa shape index (κ3) is 3.78. The van der Waals surface area contributed by atoms with Crippen LogP contribution in [-0.2, 0) is 13.0 Å². The zero-order valence-corrected chi connectivity index (χ0v) is 11.5. The maximum absolute atomic E-state index is 9.88. The maximum Gasteiger partial charge on any atom is 0.240 e. The fourth-order valence-corrected chi connectivity index (χ4v) is 2.19. The van der Waals surface area contributed by atoms with E-state index in [2.05, 4.69) is 28.9 Å². The van der Waals surface area contributed by atoms with Crippen molar-refractivity contribution in [1.82, 2.24) is 15.0 Å². The Morgan fingerprint density at radius 3 is 2.67 bits per heavy atom. The largest absolute Gasteiger partial charge is 0.390 e. The number of likely N-dealkylation sites (tertiary alicyclic amines) is 1. The van der Waals surface area contributed by atoms with E-state index in [0.29, 0.717) is 18.4 Å². The third-order valence-corrected chi connectivity index (χ3v) is 3.39. The Morgan fingerprint density at radius 2 is 2.06 bits per heavy atom. The normalized spacial score (nSPS) is 20.5. The summed E-state index contributed by atoms with van der Waals surface area (Å²) in [5, 5.41) is 13.9. The van der Waals surface area contributed by atoms with Crippen molar-refractivity contribution in [3.8, 4) is 0 Å². The summed E-state index contributed by atoms with van der Waals surface area (Å²) in [6.07, 6.45) is 2.47. The first-order chi connectivity index (χ1) is 8.44. The fourth-order valence-electron chi connectivity index (χ4n) is 2.19. The van der Waals surface area contributed by atoms with E-state index in [1.165, 1.54) is 0 Å². The lowest BCUT2D eigenvalue weighted by Crippen LogP contribution is -2.42. The molecule has 1 saturated heterocycles. The van der Waals surface area contributed by atoms with Gasteiger partial charge in [0.1, 0.15) is 0 Å². The van der Waals surface area contributed by atoms with Crippen molar-refractivity contribution in [3.05, 3.63) is 11.7 Å². The molecule has 1 aromatic heterocycles. The Kier molecular flexibility index (Phi) is 4.02. The van der Waals surface area contributed by atoms with Crippen LogP contribution in [0.15, 0.2) is 4.52 Å². The summed E-state index contributed by atoms with van der Waals surface area (Å²) in [6.45, 7) is 8.65. The molecule has 5 nitrogen and oxygen atoms in total. The minimum Gasteiger partial charge on any atom is -0.390 e. The number of nitrogens with zero attached hydrogens (tertiary/aromatic N) is 3. The van der Waals surface area contributed by atoms with Crippen LogP contribution in [0.4, 0.5) is 0 Å². The van der Waals surface area contributed by atoms with Gasteiger partial charge in [0.15, 0.2) is 5.82 Å². The van der Waals surface area contributed by atoms with Gasteiger partial charge in [-0.2, -0.15) is 4.98 Å². The van der Waals surface area contributed by atoms with Crippen molar-refractivity contribution in [1.29, 1.82) is 0 Å². The van der Waals surface area contributed by atoms with E-state index >= 15 is 0 Å². The van der Waals surface area contributed by atoms with Gasteiger partial charge in [0.25, 0.3) is 0 Å². The first kappa shape index (κ1) is 13.5. The fraction of sp³-hybridized carbons (Fsp3) is 0.846. The molecule has 0 atom stereocenters. The molecule has 18 heavy (non-hydrogen) atoms. The highest BCUT2D eigenvalue weighted by molar-refractivity contribution is 4.89. The summed E-state index contributed by atoms with van der Waals surface area (Å²) in [6, 6.07) is 0. The second-order valence-electron chi connectivity index (χ2n) is 5.98. The lowest BCUT2D eigenvalue weighted by Gasteiger charge is -2.34. The van der Waals surface area contributed by atoms with Gasteiger partial charge in [0.2, 0.25) is 5.89 Å². The molecule has 2 heterocycles. The summed E-state index contributed by atoms with van der Waals surface area (Å²) in [5.41, 5.74) is -0.506. The molecule has 2 rings (SSSR count). The van der Waals surface area contributed by atoms with Gasteiger partial charge in [0, 0.05) is 19.5 Å². The quantitative estimate of drug-likeness (QED) is 0.883. The lowest BCUT2D eigenvalue weighted by molar-refractivity contribution is -0.00944. The zero-order valence-electron chi connectivity index (χ0n) is 11.5. The zero-order chi connectivity index (χ0) is 13.2. The Hall–Kier alpha value is -0.940. The van der Waals surface area contributed by atoms with Gasteiger partial charge in [0.05, 0.1) is 12.1 Å². The average Bonchev–Trinajstić information content (AvgIpc) is 2.68. The predicted octanol–water partition coefficient (Wildman–Crippen LogP) is 1.61. The van der Waals surface area contributed by atoms with Crippen molar-refractivity contribution < 1.29 is 9.63 Å². The van der Waals surface area contributed by atoms with Gasteiger partial charge < -0.3 is 9.63 Å². The van der Waals surface area contributed by atoms with Crippen molar-refractivity contribution in [2.45, 2.75) is 52.2 Å². The van der Waals surface area contributed by atoms with E-state index < -0.39 is 5.60 Å². The highest BCUT2D eigenvalue weighted by Gasteiger charge is 2.27. The monoisotopic (exact) mass is 253 g/mol. The minimum absolute atomic E-state index is 0.506. The number of hydrogen-bond donors (Lipinski definition) is 1. The van der Waals surface area contributed by atoms with E-state index in [-0.39, 0.29) is 0 Å². The van der Waals surface area contributed by atoms with Gasteiger partial charge >= 0.3 is 0 Å². The average molecular weight is 253 g/mol. The molecule has 1 aliphatic rings. The Labute approximate surface area is 108 Å². The number of rotatable bonds is 4.